The first-order valence-corrected chi connectivity index (χ1v) is 11.4. The molecule has 0 aromatic heterocycles. The molecule has 0 bridgehead atoms. The van der Waals surface area contributed by atoms with Gasteiger partial charge in [-0.1, -0.05) is 12.1 Å². The van der Waals surface area contributed by atoms with E-state index in [0.29, 0.717) is 30.6 Å². The number of anilines is 1. The van der Waals surface area contributed by atoms with E-state index in [1.807, 2.05) is 61.2 Å². The van der Waals surface area contributed by atoms with E-state index in [0.717, 1.165) is 49.3 Å². The van der Waals surface area contributed by atoms with Crippen molar-refractivity contribution in [3.8, 4) is 11.5 Å². The van der Waals surface area contributed by atoms with E-state index in [1.54, 1.807) is 7.11 Å². The van der Waals surface area contributed by atoms with Crippen LogP contribution in [0.25, 0.3) is 0 Å². The number of likely N-dealkylation sites (tertiary alicyclic amines) is 1. The molecule has 0 saturated carbocycles. The molecule has 1 aliphatic rings. The lowest BCUT2D eigenvalue weighted by Gasteiger charge is -2.26. The summed E-state index contributed by atoms with van der Waals surface area (Å²) in [4.78, 5) is 19.5. The Morgan fingerprint density at radius 3 is 2.59 bits per heavy atom. The molecule has 0 radical (unpaired) electrons. The summed E-state index contributed by atoms with van der Waals surface area (Å²) in [5, 5.41) is 6.58. The van der Waals surface area contributed by atoms with Gasteiger partial charge in [-0.25, -0.2) is 4.99 Å². The maximum absolute atomic E-state index is 12.8. The molecule has 1 heterocycles. The summed E-state index contributed by atoms with van der Waals surface area (Å²) in [5.74, 6) is 2.14. The Bertz CT molecular complexity index is 923. The molecule has 1 saturated heterocycles. The minimum atomic E-state index is 0.113. The predicted molar refractivity (Wildman–Crippen MR) is 129 cm³/mol. The van der Waals surface area contributed by atoms with Crippen molar-refractivity contribution in [2.24, 2.45) is 4.99 Å². The number of hydrogen-bond acceptors (Lipinski definition) is 4. The molecule has 1 fully saturated rings. The smallest absolute Gasteiger partial charge is 0.253 e. The van der Waals surface area contributed by atoms with E-state index in [1.165, 1.54) is 6.42 Å². The number of piperidine rings is 1. The van der Waals surface area contributed by atoms with Crippen LogP contribution in [0.15, 0.2) is 47.5 Å². The van der Waals surface area contributed by atoms with Crippen molar-refractivity contribution < 1.29 is 14.3 Å². The first-order valence-electron chi connectivity index (χ1n) is 11.4. The van der Waals surface area contributed by atoms with Gasteiger partial charge in [0.25, 0.3) is 5.91 Å². The SMILES string of the molecule is CCNC(=NCc1cccc(C(=O)N2CCCCC2)c1)Nc1ccc(OC)c(OCC)c1. The molecule has 0 atom stereocenters. The van der Waals surface area contributed by atoms with Crippen molar-refractivity contribution in [2.75, 3.05) is 38.7 Å². The molecule has 2 aromatic carbocycles. The number of aliphatic imine (C=N–C) groups is 1. The summed E-state index contributed by atoms with van der Waals surface area (Å²) in [6.07, 6.45) is 3.38. The predicted octanol–water partition coefficient (Wildman–Crippen LogP) is 4.30. The Morgan fingerprint density at radius 2 is 1.88 bits per heavy atom. The molecule has 3 rings (SSSR count). The molecule has 0 unspecified atom stereocenters. The van der Waals surface area contributed by atoms with Crippen LogP contribution < -0.4 is 20.1 Å². The number of carbonyl (C=O) groups excluding carboxylic acids is 1. The lowest BCUT2D eigenvalue weighted by Crippen LogP contribution is -2.35. The Kier molecular flexibility index (Phi) is 8.78. The summed E-state index contributed by atoms with van der Waals surface area (Å²) in [5.41, 5.74) is 2.58. The molecule has 1 amide bonds. The molecule has 2 N–H and O–H groups in total. The number of methoxy groups -OCH3 is 1. The van der Waals surface area contributed by atoms with Gasteiger partial charge in [0, 0.05) is 37.0 Å². The molecular formula is C25H34N4O3. The van der Waals surface area contributed by atoms with E-state index in [4.69, 9.17) is 14.5 Å². The van der Waals surface area contributed by atoms with Gasteiger partial charge < -0.3 is 25.0 Å². The highest BCUT2D eigenvalue weighted by atomic mass is 16.5. The van der Waals surface area contributed by atoms with Crippen LogP contribution in [0.1, 0.15) is 49.0 Å². The first kappa shape index (κ1) is 23.4. The highest BCUT2D eigenvalue weighted by Gasteiger charge is 2.18. The zero-order chi connectivity index (χ0) is 22.8. The molecule has 7 heteroatoms. The van der Waals surface area contributed by atoms with Crippen molar-refractivity contribution in [2.45, 2.75) is 39.7 Å². The van der Waals surface area contributed by atoms with Gasteiger partial charge >= 0.3 is 0 Å². The van der Waals surface area contributed by atoms with Gasteiger partial charge in [0.1, 0.15) is 0 Å². The molecule has 0 spiro atoms. The van der Waals surface area contributed by atoms with Gasteiger partial charge in [0.2, 0.25) is 0 Å². The molecule has 7 nitrogen and oxygen atoms in total. The summed E-state index contributed by atoms with van der Waals surface area (Å²) in [7, 11) is 1.63. The number of nitrogens with one attached hydrogen (secondary N) is 2. The minimum absolute atomic E-state index is 0.113. The monoisotopic (exact) mass is 438 g/mol. The largest absolute Gasteiger partial charge is 0.493 e. The van der Waals surface area contributed by atoms with Gasteiger partial charge in [0.05, 0.1) is 20.3 Å². The molecular weight excluding hydrogens is 404 g/mol. The fourth-order valence-electron chi connectivity index (χ4n) is 3.72. The number of carbonyl (C=O) groups is 1. The second-order valence-corrected chi connectivity index (χ2v) is 7.67. The van der Waals surface area contributed by atoms with Gasteiger partial charge in [-0.2, -0.15) is 0 Å². The van der Waals surface area contributed by atoms with Crippen LogP contribution in [-0.4, -0.2) is 50.1 Å². The van der Waals surface area contributed by atoms with Crippen LogP contribution in [0.4, 0.5) is 5.69 Å². The zero-order valence-electron chi connectivity index (χ0n) is 19.3. The lowest BCUT2D eigenvalue weighted by atomic mass is 10.1. The average Bonchev–Trinajstić information content (AvgIpc) is 2.83. The van der Waals surface area contributed by atoms with Crippen LogP contribution in [0.3, 0.4) is 0 Å². The normalized spacial score (nSPS) is 14.1. The Morgan fingerprint density at radius 1 is 1.06 bits per heavy atom. The van der Waals surface area contributed by atoms with Crippen LogP contribution in [0, 0.1) is 0 Å². The fraction of sp³-hybridized carbons (Fsp3) is 0.440. The van der Waals surface area contributed by atoms with Crippen molar-refractivity contribution in [3.63, 3.8) is 0 Å². The van der Waals surface area contributed by atoms with Gasteiger partial charge in [-0.3, -0.25) is 4.79 Å². The van der Waals surface area contributed by atoms with Crippen molar-refractivity contribution in [1.82, 2.24) is 10.2 Å². The van der Waals surface area contributed by atoms with Crippen LogP contribution in [-0.2, 0) is 6.54 Å². The molecule has 32 heavy (non-hydrogen) atoms. The number of rotatable bonds is 8. The lowest BCUT2D eigenvalue weighted by molar-refractivity contribution is 0.0724. The molecule has 1 aliphatic heterocycles. The van der Waals surface area contributed by atoms with E-state index in [-0.39, 0.29) is 5.91 Å². The van der Waals surface area contributed by atoms with Gasteiger partial charge in [0.15, 0.2) is 17.5 Å². The van der Waals surface area contributed by atoms with E-state index in [9.17, 15) is 4.79 Å². The quantitative estimate of drug-likeness (QED) is 0.475. The maximum atomic E-state index is 12.8. The van der Waals surface area contributed by atoms with Crippen molar-refractivity contribution >= 4 is 17.6 Å². The average molecular weight is 439 g/mol. The third-order valence-electron chi connectivity index (χ3n) is 5.31. The highest BCUT2D eigenvalue weighted by Crippen LogP contribution is 2.30. The van der Waals surface area contributed by atoms with Crippen molar-refractivity contribution in [3.05, 3.63) is 53.6 Å². The summed E-state index contributed by atoms with van der Waals surface area (Å²) < 4.78 is 11.0. The second-order valence-electron chi connectivity index (χ2n) is 7.67. The van der Waals surface area contributed by atoms with Crippen molar-refractivity contribution in [1.29, 1.82) is 0 Å². The molecule has 172 valence electrons. The second kappa shape index (κ2) is 12.0. The highest BCUT2D eigenvalue weighted by molar-refractivity contribution is 5.95. The Balaban J connectivity index is 1.71. The van der Waals surface area contributed by atoms with E-state index >= 15 is 0 Å². The number of hydrogen-bond donors (Lipinski definition) is 2. The first-order chi connectivity index (χ1) is 15.6. The summed E-state index contributed by atoms with van der Waals surface area (Å²) >= 11 is 0. The zero-order valence-corrected chi connectivity index (χ0v) is 19.3. The number of nitrogens with zero attached hydrogens (tertiary/aromatic N) is 2. The van der Waals surface area contributed by atoms with Gasteiger partial charge in [-0.15, -0.1) is 0 Å². The van der Waals surface area contributed by atoms with Crippen LogP contribution in [0.5, 0.6) is 11.5 Å². The third-order valence-corrected chi connectivity index (χ3v) is 5.31. The third kappa shape index (κ3) is 6.39. The summed E-state index contributed by atoms with van der Waals surface area (Å²) in [6, 6.07) is 13.5. The number of guanidine groups is 1. The maximum Gasteiger partial charge on any atom is 0.253 e. The number of amides is 1. The molecule has 2 aromatic rings. The van der Waals surface area contributed by atoms with Crippen LogP contribution in [0.2, 0.25) is 0 Å². The van der Waals surface area contributed by atoms with E-state index in [2.05, 4.69) is 10.6 Å². The minimum Gasteiger partial charge on any atom is -0.493 e. The number of benzene rings is 2. The topological polar surface area (TPSA) is 75.2 Å². The standard InChI is InChI=1S/C25H34N4O3/c1-4-26-25(28-21-12-13-22(31-3)23(17-21)32-5-2)27-18-19-10-9-11-20(16-19)24(30)29-14-7-6-8-15-29/h9-13,16-17H,4-8,14-15,18H2,1-3H3,(H2,26,27,28). The number of ether oxygens (including phenoxy) is 2. The van der Waals surface area contributed by atoms with Gasteiger partial charge in [-0.05, 0) is 62.9 Å². The van der Waals surface area contributed by atoms with Crippen LogP contribution >= 0.6 is 0 Å². The summed E-state index contributed by atoms with van der Waals surface area (Å²) in [6.45, 7) is 7.41. The van der Waals surface area contributed by atoms with E-state index < -0.39 is 0 Å². The molecule has 0 aliphatic carbocycles. The Hall–Kier alpha value is -3.22. The Labute approximate surface area is 190 Å². The fourth-order valence-corrected chi connectivity index (χ4v) is 3.72.